The highest BCUT2D eigenvalue weighted by Gasteiger charge is 2.14. The van der Waals surface area contributed by atoms with Crippen LogP contribution in [0.1, 0.15) is 5.56 Å². The van der Waals surface area contributed by atoms with E-state index in [1.165, 1.54) is 12.1 Å². The van der Waals surface area contributed by atoms with Gasteiger partial charge in [0.25, 0.3) is 0 Å². The summed E-state index contributed by atoms with van der Waals surface area (Å²) in [5.74, 6) is -1.40. The van der Waals surface area contributed by atoms with Crippen molar-refractivity contribution in [1.82, 2.24) is 0 Å². The van der Waals surface area contributed by atoms with Crippen molar-refractivity contribution in [2.75, 3.05) is 5.32 Å². The third-order valence-electron chi connectivity index (χ3n) is 2.68. The second-order valence-electron chi connectivity index (χ2n) is 4.14. The van der Waals surface area contributed by atoms with Crippen LogP contribution in [0.3, 0.4) is 0 Å². The highest BCUT2D eigenvalue weighted by Crippen LogP contribution is 2.32. The molecule has 8 heteroatoms. The van der Waals surface area contributed by atoms with Crippen LogP contribution in [0.15, 0.2) is 34.8 Å². The normalized spacial score (nSPS) is 10.5. The van der Waals surface area contributed by atoms with Crippen molar-refractivity contribution in [3.8, 4) is 0 Å². The van der Waals surface area contributed by atoms with Gasteiger partial charge in [-0.15, -0.1) is 0 Å². The summed E-state index contributed by atoms with van der Waals surface area (Å²) >= 11 is 9.07. The van der Waals surface area contributed by atoms with Gasteiger partial charge in [0.2, 0.25) is 5.82 Å². The second-order valence-corrected chi connectivity index (χ2v) is 5.40. The molecule has 0 fully saturated rings. The molecular weight excluding hydrogens is 370 g/mol. The SMILES string of the molecule is O=[N+]([O-])c1ccc(CNc2c(Cl)cc(F)cc2Br)cc1F. The van der Waals surface area contributed by atoms with E-state index in [2.05, 4.69) is 21.2 Å². The molecule has 0 saturated carbocycles. The molecule has 0 aliphatic carbocycles. The predicted molar refractivity (Wildman–Crippen MR) is 79.5 cm³/mol. The summed E-state index contributed by atoms with van der Waals surface area (Å²) < 4.78 is 27.0. The van der Waals surface area contributed by atoms with Crippen LogP contribution >= 0.6 is 27.5 Å². The Morgan fingerprint density at radius 1 is 1.29 bits per heavy atom. The molecule has 2 rings (SSSR count). The number of nitro groups is 1. The molecular formula is C13H8BrClF2N2O2. The zero-order valence-electron chi connectivity index (χ0n) is 10.4. The number of nitrogens with zero attached hydrogens (tertiary/aromatic N) is 1. The van der Waals surface area contributed by atoms with Crippen LogP contribution < -0.4 is 5.32 Å². The minimum Gasteiger partial charge on any atom is -0.379 e. The molecule has 0 unspecified atom stereocenters. The number of hydrogen-bond acceptors (Lipinski definition) is 3. The van der Waals surface area contributed by atoms with Crippen molar-refractivity contribution in [3.05, 3.63) is 67.1 Å². The monoisotopic (exact) mass is 376 g/mol. The molecule has 0 amide bonds. The fourth-order valence-electron chi connectivity index (χ4n) is 1.71. The topological polar surface area (TPSA) is 55.2 Å². The molecule has 0 bridgehead atoms. The summed E-state index contributed by atoms with van der Waals surface area (Å²) in [7, 11) is 0. The quantitative estimate of drug-likeness (QED) is 0.609. The van der Waals surface area contributed by atoms with Crippen molar-refractivity contribution in [2.24, 2.45) is 0 Å². The van der Waals surface area contributed by atoms with Gasteiger partial charge in [-0.2, -0.15) is 4.39 Å². The van der Waals surface area contributed by atoms with Gasteiger partial charge in [-0.3, -0.25) is 10.1 Å². The van der Waals surface area contributed by atoms with E-state index in [-0.39, 0.29) is 11.6 Å². The molecule has 0 saturated heterocycles. The number of hydrogen-bond donors (Lipinski definition) is 1. The van der Waals surface area contributed by atoms with E-state index in [9.17, 15) is 18.9 Å². The zero-order chi connectivity index (χ0) is 15.6. The van der Waals surface area contributed by atoms with Crippen LogP contribution in [0.5, 0.6) is 0 Å². The molecule has 0 heterocycles. The highest BCUT2D eigenvalue weighted by molar-refractivity contribution is 9.10. The molecule has 2 aromatic carbocycles. The van der Waals surface area contributed by atoms with E-state index < -0.39 is 22.2 Å². The standard InChI is InChI=1S/C13H8BrClF2N2O2/c14-9-4-8(16)5-10(15)13(9)18-6-7-1-2-12(19(20)21)11(17)3-7/h1-5,18H,6H2. The number of nitro benzene ring substituents is 1. The molecule has 0 aliphatic rings. The third-order valence-corrected chi connectivity index (χ3v) is 3.61. The Bertz CT molecular complexity index is 690. The molecule has 0 spiro atoms. The van der Waals surface area contributed by atoms with Crippen molar-refractivity contribution in [2.45, 2.75) is 6.54 Å². The molecule has 0 aromatic heterocycles. The highest BCUT2D eigenvalue weighted by atomic mass is 79.9. The van der Waals surface area contributed by atoms with Gasteiger partial charge in [-0.05, 0) is 39.7 Å². The molecule has 0 aliphatic heterocycles. The van der Waals surface area contributed by atoms with Crippen LogP contribution in [-0.4, -0.2) is 4.92 Å². The van der Waals surface area contributed by atoms with Gasteiger partial charge in [0.05, 0.1) is 15.6 Å². The van der Waals surface area contributed by atoms with E-state index in [1.807, 2.05) is 0 Å². The van der Waals surface area contributed by atoms with Crippen LogP contribution in [0, 0.1) is 21.7 Å². The minimum absolute atomic E-state index is 0.171. The Labute approximate surface area is 132 Å². The smallest absolute Gasteiger partial charge is 0.304 e. The summed E-state index contributed by atoms with van der Waals surface area (Å²) in [5, 5.41) is 13.6. The first-order valence-electron chi connectivity index (χ1n) is 5.69. The Morgan fingerprint density at radius 2 is 2.00 bits per heavy atom. The number of anilines is 1. The van der Waals surface area contributed by atoms with Crippen LogP contribution in [0.4, 0.5) is 20.2 Å². The van der Waals surface area contributed by atoms with Gasteiger partial charge in [-0.1, -0.05) is 17.7 Å². The van der Waals surface area contributed by atoms with Gasteiger partial charge in [-0.25, -0.2) is 4.39 Å². The lowest BCUT2D eigenvalue weighted by Crippen LogP contribution is -2.02. The fourth-order valence-corrected chi connectivity index (χ4v) is 2.67. The number of benzene rings is 2. The molecule has 110 valence electrons. The summed E-state index contributed by atoms with van der Waals surface area (Å²) in [6, 6.07) is 5.97. The van der Waals surface area contributed by atoms with E-state index >= 15 is 0 Å². The molecule has 1 N–H and O–H groups in total. The van der Waals surface area contributed by atoms with Gasteiger partial charge < -0.3 is 5.32 Å². The van der Waals surface area contributed by atoms with E-state index in [4.69, 9.17) is 11.6 Å². The third kappa shape index (κ3) is 3.68. The number of rotatable bonds is 4. The van der Waals surface area contributed by atoms with Crippen molar-refractivity contribution >= 4 is 38.9 Å². The number of halogens is 4. The maximum atomic E-state index is 13.5. The summed E-state index contributed by atoms with van der Waals surface area (Å²) in [6.45, 7) is 0.179. The first-order valence-corrected chi connectivity index (χ1v) is 6.87. The number of nitrogens with one attached hydrogen (secondary N) is 1. The maximum absolute atomic E-state index is 13.5. The summed E-state index contributed by atoms with van der Waals surface area (Å²) in [5.41, 5.74) is 0.363. The van der Waals surface area contributed by atoms with E-state index in [0.29, 0.717) is 15.7 Å². The lowest BCUT2D eigenvalue weighted by atomic mass is 10.2. The minimum atomic E-state index is -0.913. The summed E-state index contributed by atoms with van der Waals surface area (Å²) in [4.78, 5) is 9.73. The van der Waals surface area contributed by atoms with E-state index in [1.54, 1.807) is 0 Å². The largest absolute Gasteiger partial charge is 0.379 e. The van der Waals surface area contributed by atoms with Gasteiger partial charge in [0.15, 0.2) is 0 Å². The second kappa shape index (κ2) is 6.36. The average molecular weight is 378 g/mol. The van der Waals surface area contributed by atoms with Crippen molar-refractivity contribution in [3.63, 3.8) is 0 Å². The molecule has 0 atom stereocenters. The van der Waals surface area contributed by atoms with Gasteiger partial charge in [0, 0.05) is 17.1 Å². The van der Waals surface area contributed by atoms with Crippen LogP contribution in [-0.2, 0) is 6.54 Å². The van der Waals surface area contributed by atoms with Crippen molar-refractivity contribution in [1.29, 1.82) is 0 Å². The van der Waals surface area contributed by atoms with Crippen LogP contribution in [0.2, 0.25) is 5.02 Å². The average Bonchev–Trinajstić information content (AvgIpc) is 2.36. The lowest BCUT2D eigenvalue weighted by Gasteiger charge is -2.11. The van der Waals surface area contributed by atoms with Gasteiger partial charge >= 0.3 is 5.69 Å². The lowest BCUT2D eigenvalue weighted by molar-refractivity contribution is -0.387. The first kappa shape index (κ1) is 15.7. The van der Waals surface area contributed by atoms with Gasteiger partial charge in [0.1, 0.15) is 5.82 Å². The van der Waals surface area contributed by atoms with Crippen molar-refractivity contribution < 1.29 is 13.7 Å². The first-order chi connectivity index (χ1) is 9.88. The Morgan fingerprint density at radius 3 is 2.57 bits per heavy atom. The molecule has 0 radical (unpaired) electrons. The Balaban J connectivity index is 2.17. The molecule has 4 nitrogen and oxygen atoms in total. The molecule has 2 aromatic rings. The zero-order valence-corrected chi connectivity index (χ0v) is 12.7. The Kier molecular flexibility index (Phi) is 4.74. The Hall–Kier alpha value is -1.73. The summed E-state index contributed by atoms with van der Waals surface area (Å²) in [6.07, 6.45) is 0. The van der Waals surface area contributed by atoms with Crippen LogP contribution in [0.25, 0.3) is 0 Å². The molecule has 21 heavy (non-hydrogen) atoms. The fraction of sp³-hybridized carbons (Fsp3) is 0.0769. The van der Waals surface area contributed by atoms with E-state index in [0.717, 1.165) is 18.2 Å². The maximum Gasteiger partial charge on any atom is 0.304 e. The predicted octanol–water partition coefficient (Wildman–Crippen LogP) is 4.90.